The van der Waals surface area contributed by atoms with E-state index in [4.69, 9.17) is 23.2 Å². The van der Waals surface area contributed by atoms with Crippen molar-refractivity contribution in [3.05, 3.63) is 58.0 Å². The maximum atomic E-state index is 13.1. The minimum absolute atomic E-state index is 0.211. The molecule has 0 unspecified atom stereocenters. The van der Waals surface area contributed by atoms with Crippen molar-refractivity contribution in [2.24, 2.45) is 18.6 Å². The molecule has 4 N–H and O–H groups in total. The van der Waals surface area contributed by atoms with Crippen LogP contribution in [-0.4, -0.2) is 33.2 Å². The van der Waals surface area contributed by atoms with Crippen molar-refractivity contribution >= 4 is 23.3 Å². The summed E-state index contributed by atoms with van der Waals surface area (Å²) in [5.74, 6) is 5.99. The molecule has 0 saturated heterocycles. The Morgan fingerprint density at radius 3 is 2.62 bits per heavy atom. The number of rotatable bonds is 3. The lowest BCUT2D eigenvalue weighted by atomic mass is 10.0. The van der Waals surface area contributed by atoms with Crippen LogP contribution in [0.5, 0.6) is 0 Å². The Morgan fingerprint density at radius 1 is 1.34 bits per heavy atom. The number of hydrogen-bond donors (Lipinski definition) is 2. The van der Waals surface area contributed by atoms with Crippen molar-refractivity contribution in [2.45, 2.75) is 25.6 Å². The number of alkyl halides is 3. The van der Waals surface area contributed by atoms with Crippen LogP contribution in [0.4, 0.5) is 19.0 Å². The van der Waals surface area contributed by atoms with Gasteiger partial charge in [0.05, 0.1) is 33.6 Å². The number of nitrogens with two attached hydrogens (primary N) is 2. The summed E-state index contributed by atoms with van der Waals surface area (Å²) >= 11 is 5.90. The summed E-state index contributed by atoms with van der Waals surface area (Å²) in [5.41, 5.74) is 5.88. The lowest BCUT2D eigenvalue weighted by Gasteiger charge is -2.37. The van der Waals surface area contributed by atoms with Crippen LogP contribution in [0.25, 0.3) is 0 Å². The first-order valence-electron chi connectivity index (χ1n) is 8.72. The molecule has 2 aromatic rings. The molecule has 2 heterocycles. The van der Waals surface area contributed by atoms with Gasteiger partial charge in [-0.1, -0.05) is 17.7 Å². The SMILES string of the molecule is C[C@H]1C(N)=C(N(N)c2ccn(C)n2)CCN1C(=O)c1cccc(C(F)(F)F)c1Cl. The second kappa shape index (κ2) is 7.60. The van der Waals surface area contributed by atoms with Gasteiger partial charge in [-0.15, -0.1) is 0 Å². The second-order valence-corrected chi connectivity index (χ2v) is 7.09. The van der Waals surface area contributed by atoms with Gasteiger partial charge in [-0.25, -0.2) is 5.84 Å². The van der Waals surface area contributed by atoms with Gasteiger partial charge >= 0.3 is 6.18 Å². The average Bonchev–Trinajstić information content (AvgIpc) is 3.08. The normalized spacial score (nSPS) is 17.6. The fourth-order valence-electron chi connectivity index (χ4n) is 3.25. The van der Waals surface area contributed by atoms with Crippen LogP contribution in [0.15, 0.2) is 41.9 Å². The fourth-order valence-corrected chi connectivity index (χ4v) is 3.56. The Kier molecular flexibility index (Phi) is 5.50. The molecule has 1 atom stereocenters. The summed E-state index contributed by atoms with van der Waals surface area (Å²) in [6.45, 7) is 1.89. The van der Waals surface area contributed by atoms with Gasteiger partial charge in [-0.2, -0.15) is 18.3 Å². The molecule has 1 aliphatic rings. The number of aromatic nitrogens is 2. The first-order chi connectivity index (χ1) is 13.5. The molecule has 29 heavy (non-hydrogen) atoms. The number of carbonyl (C=O) groups is 1. The highest BCUT2D eigenvalue weighted by molar-refractivity contribution is 6.34. The highest BCUT2D eigenvalue weighted by Crippen LogP contribution is 2.37. The Balaban J connectivity index is 1.89. The molecule has 7 nitrogen and oxygen atoms in total. The van der Waals surface area contributed by atoms with Crippen LogP contribution in [0.3, 0.4) is 0 Å². The van der Waals surface area contributed by atoms with Crippen molar-refractivity contribution in [1.29, 1.82) is 0 Å². The van der Waals surface area contributed by atoms with Gasteiger partial charge < -0.3 is 10.6 Å². The molecule has 0 aliphatic carbocycles. The standard InChI is InChI=1S/C18H20ClF3N6O/c1-10-16(23)13(28(24)14-7-8-26(2)25-14)6-9-27(10)17(29)11-4-3-5-12(15(11)19)18(20,21)22/h3-5,7-8,10H,6,9,23-24H2,1-2H3/t10-/m0/s1. The molecule has 0 fully saturated rings. The Labute approximate surface area is 170 Å². The number of benzene rings is 1. The van der Waals surface area contributed by atoms with Crippen LogP contribution in [0.1, 0.15) is 29.3 Å². The van der Waals surface area contributed by atoms with Gasteiger partial charge in [0, 0.05) is 32.3 Å². The van der Waals surface area contributed by atoms with Crippen molar-refractivity contribution in [2.75, 3.05) is 11.6 Å². The van der Waals surface area contributed by atoms with Crippen molar-refractivity contribution in [1.82, 2.24) is 14.7 Å². The molecule has 0 bridgehead atoms. The van der Waals surface area contributed by atoms with E-state index >= 15 is 0 Å². The van der Waals surface area contributed by atoms with Crippen LogP contribution in [0, 0.1) is 0 Å². The molecular weight excluding hydrogens is 409 g/mol. The van der Waals surface area contributed by atoms with Crippen LogP contribution >= 0.6 is 11.6 Å². The molecule has 1 aliphatic heterocycles. The summed E-state index contributed by atoms with van der Waals surface area (Å²) < 4.78 is 40.9. The summed E-state index contributed by atoms with van der Waals surface area (Å²) in [4.78, 5) is 14.3. The molecule has 1 aromatic carbocycles. The average molecular weight is 429 g/mol. The zero-order valence-corrected chi connectivity index (χ0v) is 16.5. The number of hydrogen-bond acceptors (Lipinski definition) is 5. The molecule has 1 aromatic heterocycles. The minimum Gasteiger partial charge on any atom is -0.399 e. The predicted molar refractivity (Wildman–Crippen MR) is 103 cm³/mol. The summed E-state index contributed by atoms with van der Waals surface area (Å²) in [6.07, 6.45) is -2.62. The third-order valence-electron chi connectivity index (χ3n) is 4.87. The third kappa shape index (κ3) is 3.90. The lowest BCUT2D eigenvalue weighted by molar-refractivity contribution is -0.137. The molecule has 0 radical (unpaired) electrons. The second-order valence-electron chi connectivity index (χ2n) is 6.71. The fraction of sp³-hybridized carbons (Fsp3) is 0.333. The van der Waals surface area contributed by atoms with Crippen molar-refractivity contribution in [3.63, 3.8) is 0 Å². The highest BCUT2D eigenvalue weighted by atomic mass is 35.5. The van der Waals surface area contributed by atoms with E-state index in [1.807, 2.05) is 0 Å². The molecule has 156 valence electrons. The summed E-state index contributed by atoms with van der Waals surface area (Å²) in [6, 6.07) is 4.39. The summed E-state index contributed by atoms with van der Waals surface area (Å²) in [5, 5.41) is 4.94. The molecule has 1 amide bonds. The smallest absolute Gasteiger partial charge is 0.399 e. The molecule has 0 saturated carbocycles. The number of halogens is 4. The number of carbonyl (C=O) groups excluding carboxylic acids is 1. The topological polar surface area (TPSA) is 93.4 Å². The number of anilines is 1. The van der Waals surface area contributed by atoms with Gasteiger partial charge in [0.2, 0.25) is 0 Å². The van der Waals surface area contributed by atoms with E-state index in [-0.39, 0.29) is 12.1 Å². The minimum atomic E-state index is -4.66. The maximum absolute atomic E-state index is 13.1. The van der Waals surface area contributed by atoms with Gasteiger partial charge in [0.15, 0.2) is 5.82 Å². The maximum Gasteiger partial charge on any atom is 0.417 e. The van der Waals surface area contributed by atoms with Gasteiger partial charge in [-0.05, 0) is 19.1 Å². The van der Waals surface area contributed by atoms with Crippen LogP contribution in [-0.2, 0) is 13.2 Å². The first-order valence-corrected chi connectivity index (χ1v) is 9.09. The van der Waals surface area contributed by atoms with Gasteiger partial charge in [-0.3, -0.25) is 14.5 Å². The number of nitrogens with zero attached hydrogens (tertiary/aromatic N) is 4. The number of amides is 1. The number of aryl methyl sites for hydroxylation is 1. The van der Waals surface area contributed by atoms with Gasteiger partial charge in [0.1, 0.15) is 0 Å². The number of hydrazine groups is 1. The van der Waals surface area contributed by atoms with Crippen LogP contribution < -0.4 is 16.6 Å². The molecule has 3 rings (SSSR count). The van der Waals surface area contributed by atoms with Gasteiger partial charge in [0.25, 0.3) is 5.91 Å². The van der Waals surface area contributed by atoms with Crippen LogP contribution in [0.2, 0.25) is 5.02 Å². The zero-order valence-electron chi connectivity index (χ0n) is 15.7. The Hall–Kier alpha value is -2.72. The van der Waals surface area contributed by atoms with E-state index in [0.717, 1.165) is 12.1 Å². The zero-order chi connectivity index (χ0) is 21.5. The molecular formula is C18H20ClF3N6O. The van der Waals surface area contributed by atoms with E-state index in [9.17, 15) is 18.0 Å². The van der Waals surface area contributed by atoms with Crippen molar-refractivity contribution < 1.29 is 18.0 Å². The Bertz CT molecular complexity index is 971. The Morgan fingerprint density at radius 2 is 2.03 bits per heavy atom. The highest BCUT2D eigenvalue weighted by Gasteiger charge is 2.37. The van der Waals surface area contributed by atoms with E-state index in [0.29, 0.717) is 23.6 Å². The van der Waals surface area contributed by atoms with E-state index in [1.54, 1.807) is 30.9 Å². The van der Waals surface area contributed by atoms with E-state index in [1.165, 1.54) is 16.0 Å². The van der Waals surface area contributed by atoms with E-state index in [2.05, 4.69) is 5.10 Å². The lowest BCUT2D eigenvalue weighted by Crippen LogP contribution is -2.49. The first kappa shape index (κ1) is 21.0. The largest absolute Gasteiger partial charge is 0.417 e. The quantitative estimate of drug-likeness (QED) is 0.579. The van der Waals surface area contributed by atoms with Crippen molar-refractivity contribution in [3.8, 4) is 0 Å². The summed E-state index contributed by atoms with van der Waals surface area (Å²) in [7, 11) is 1.75. The molecule has 0 spiro atoms. The van der Waals surface area contributed by atoms with E-state index < -0.39 is 28.7 Å². The third-order valence-corrected chi connectivity index (χ3v) is 5.28. The monoisotopic (exact) mass is 428 g/mol. The molecule has 11 heteroatoms. The predicted octanol–water partition coefficient (Wildman–Crippen LogP) is 2.88.